The highest BCUT2D eigenvalue weighted by Gasteiger charge is 2.20. The zero-order valence-corrected chi connectivity index (χ0v) is 14.6. The van der Waals surface area contributed by atoms with E-state index in [1.54, 1.807) is 24.3 Å². The van der Waals surface area contributed by atoms with Gasteiger partial charge in [0.2, 0.25) is 11.8 Å². The van der Waals surface area contributed by atoms with E-state index >= 15 is 0 Å². The van der Waals surface area contributed by atoms with Gasteiger partial charge in [-0.25, -0.2) is 4.79 Å². The lowest BCUT2D eigenvalue weighted by molar-refractivity contribution is 0.0318. The Balaban J connectivity index is 1.50. The Bertz CT molecular complexity index is 909. The van der Waals surface area contributed by atoms with Crippen LogP contribution in [0.1, 0.15) is 41.6 Å². The van der Waals surface area contributed by atoms with Crippen LogP contribution in [-0.4, -0.2) is 22.3 Å². The highest BCUT2D eigenvalue weighted by Crippen LogP contribution is 2.27. The molecule has 0 atom stereocenters. The predicted octanol–water partition coefficient (Wildman–Crippen LogP) is 4.81. The topological polar surface area (TPSA) is 65.2 Å². The van der Waals surface area contributed by atoms with Crippen molar-refractivity contribution in [1.82, 2.24) is 10.2 Å². The molecular formula is C21H20N2O3. The van der Waals surface area contributed by atoms with E-state index in [1.165, 1.54) is 0 Å². The van der Waals surface area contributed by atoms with E-state index in [-0.39, 0.29) is 12.1 Å². The summed E-state index contributed by atoms with van der Waals surface area (Å²) in [6.45, 7) is 2.00. The Morgan fingerprint density at radius 2 is 1.69 bits per heavy atom. The van der Waals surface area contributed by atoms with Crippen LogP contribution in [0.3, 0.4) is 0 Å². The van der Waals surface area contributed by atoms with E-state index < -0.39 is 0 Å². The molecule has 1 aliphatic carbocycles. The van der Waals surface area contributed by atoms with Gasteiger partial charge in [-0.2, -0.15) is 0 Å². The summed E-state index contributed by atoms with van der Waals surface area (Å²) in [6.07, 6.45) is 4.27. The van der Waals surface area contributed by atoms with Crippen molar-refractivity contribution in [3.63, 3.8) is 0 Å². The zero-order valence-electron chi connectivity index (χ0n) is 14.6. The molecule has 2 aromatic carbocycles. The van der Waals surface area contributed by atoms with E-state index in [4.69, 9.17) is 9.15 Å². The molecule has 1 saturated carbocycles. The van der Waals surface area contributed by atoms with E-state index in [0.717, 1.165) is 42.4 Å². The van der Waals surface area contributed by atoms with Gasteiger partial charge in [-0.1, -0.05) is 18.2 Å². The fraction of sp³-hybridized carbons (Fsp3) is 0.286. The van der Waals surface area contributed by atoms with Gasteiger partial charge in [0.15, 0.2) is 0 Å². The molecular weight excluding hydrogens is 328 g/mol. The third kappa shape index (κ3) is 3.38. The average molecular weight is 348 g/mol. The lowest BCUT2D eigenvalue weighted by Gasteiger charge is -2.11. The highest BCUT2D eigenvalue weighted by atomic mass is 16.5. The number of aromatic nitrogens is 2. The van der Waals surface area contributed by atoms with Gasteiger partial charge in [0.25, 0.3) is 0 Å². The fourth-order valence-electron chi connectivity index (χ4n) is 3.24. The van der Waals surface area contributed by atoms with E-state index in [1.807, 2.05) is 31.2 Å². The average Bonchev–Trinajstić information content (AvgIpc) is 3.34. The number of rotatable bonds is 4. The van der Waals surface area contributed by atoms with Crippen LogP contribution < -0.4 is 0 Å². The molecule has 1 aromatic heterocycles. The summed E-state index contributed by atoms with van der Waals surface area (Å²) in [6, 6.07) is 15.0. The molecule has 26 heavy (non-hydrogen) atoms. The maximum Gasteiger partial charge on any atom is 0.338 e. The lowest BCUT2D eigenvalue weighted by Crippen LogP contribution is -2.14. The minimum absolute atomic E-state index is 0.0646. The van der Waals surface area contributed by atoms with Crippen LogP contribution in [-0.2, 0) is 4.74 Å². The van der Waals surface area contributed by atoms with E-state index in [2.05, 4.69) is 10.2 Å². The molecule has 132 valence electrons. The molecule has 5 nitrogen and oxygen atoms in total. The minimum Gasteiger partial charge on any atom is -0.459 e. The molecule has 0 aliphatic heterocycles. The minimum atomic E-state index is -0.269. The molecule has 1 fully saturated rings. The summed E-state index contributed by atoms with van der Waals surface area (Å²) in [7, 11) is 0. The first-order chi connectivity index (χ1) is 12.7. The maximum absolute atomic E-state index is 12.2. The number of esters is 1. The number of carbonyl (C=O) groups excluding carboxylic acids is 1. The van der Waals surface area contributed by atoms with E-state index in [9.17, 15) is 4.79 Å². The molecule has 1 aliphatic rings. The number of aryl methyl sites for hydroxylation is 1. The number of carbonyl (C=O) groups is 1. The second-order valence-corrected chi connectivity index (χ2v) is 6.62. The van der Waals surface area contributed by atoms with Gasteiger partial charge in [0.05, 0.1) is 5.56 Å². The molecule has 4 rings (SSSR count). The van der Waals surface area contributed by atoms with Crippen molar-refractivity contribution < 1.29 is 13.9 Å². The van der Waals surface area contributed by atoms with Gasteiger partial charge < -0.3 is 9.15 Å². The summed E-state index contributed by atoms with van der Waals surface area (Å²) in [5.41, 5.74) is 3.31. The summed E-state index contributed by atoms with van der Waals surface area (Å²) in [5, 5.41) is 8.27. The maximum atomic E-state index is 12.2. The first-order valence-electron chi connectivity index (χ1n) is 8.91. The smallest absolute Gasteiger partial charge is 0.338 e. The van der Waals surface area contributed by atoms with Crippen molar-refractivity contribution in [2.45, 2.75) is 38.7 Å². The molecule has 0 N–H and O–H groups in total. The second-order valence-electron chi connectivity index (χ2n) is 6.62. The molecule has 0 saturated heterocycles. The summed E-state index contributed by atoms with van der Waals surface area (Å²) < 4.78 is 11.3. The third-order valence-electron chi connectivity index (χ3n) is 4.74. The summed E-state index contributed by atoms with van der Waals surface area (Å²) in [5.74, 6) is 0.649. The van der Waals surface area contributed by atoms with Gasteiger partial charge in [-0.3, -0.25) is 0 Å². The number of hydrogen-bond donors (Lipinski definition) is 0. The Kier molecular flexibility index (Phi) is 4.52. The predicted molar refractivity (Wildman–Crippen MR) is 97.6 cm³/mol. The Morgan fingerprint density at radius 1 is 1.00 bits per heavy atom. The molecule has 1 heterocycles. The SMILES string of the molecule is Cc1ccccc1-c1nnc(-c2ccc(C(=O)OC3CCCC3)cc2)o1. The van der Waals surface area contributed by atoms with E-state index in [0.29, 0.717) is 17.3 Å². The molecule has 0 radical (unpaired) electrons. The van der Waals surface area contributed by atoms with Crippen LogP contribution in [0.25, 0.3) is 22.9 Å². The van der Waals surface area contributed by atoms with Gasteiger partial charge in [-0.15, -0.1) is 10.2 Å². The van der Waals surface area contributed by atoms with Gasteiger partial charge in [-0.05, 0) is 68.5 Å². The fourth-order valence-corrected chi connectivity index (χ4v) is 3.24. The van der Waals surface area contributed by atoms with Crippen LogP contribution in [0.4, 0.5) is 0 Å². The van der Waals surface area contributed by atoms with Crippen molar-refractivity contribution >= 4 is 5.97 Å². The molecule has 5 heteroatoms. The van der Waals surface area contributed by atoms with Crippen LogP contribution in [0.2, 0.25) is 0 Å². The monoisotopic (exact) mass is 348 g/mol. The molecule has 0 bridgehead atoms. The van der Waals surface area contributed by atoms with Crippen molar-refractivity contribution in [3.8, 4) is 22.9 Å². The Labute approximate surface area is 152 Å². The highest BCUT2D eigenvalue weighted by molar-refractivity contribution is 5.90. The van der Waals surface area contributed by atoms with Crippen molar-refractivity contribution in [2.24, 2.45) is 0 Å². The van der Waals surface area contributed by atoms with Crippen molar-refractivity contribution in [2.75, 3.05) is 0 Å². The van der Waals surface area contributed by atoms with Crippen LogP contribution in [0.5, 0.6) is 0 Å². The number of hydrogen-bond acceptors (Lipinski definition) is 5. The third-order valence-corrected chi connectivity index (χ3v) is 4.74. The van der Waals surface area contributed by atoms with Crippen molar-refractivity contribution in [3.05, 3.63) is 59.7 Å². The largest absolute Gasteiger partial charge is 0.459 e. The first-order valence-corrected chi connectivity index (χ1v) is 8.91. The van der Waals surface area contributed by atoms with Crippen molar-refractivity contribution in [1.29, 1.82) is 0 Å². The number of nitrogens with zero attached hydrogens (tertiary/aromatic N) is 2. The van der Waals surface area contributed by atoms with Crippen LogP contribution >= 0.6 is 0 Å². The molecule has 0 amide bonds. The standard InChI is InChI=1S/C21H20N2O3/c1-14-6-2-5-9-18(14)20-23-22-19(26-20)15-10-12-16(13-11-15)21(24)25-17-7-3-4-8-17/h2,5-6,9-13,17H,3-4,7-8H2,1H3. The number of benzene rings is 2. The zero-order chi connectivity index (χ0) is 17.9. The molecule has 3 aromatic rings. The quantitative estimate of drug-likeness (QED) is 0.633. The Hall–Kier alpha value is -2.95. The van der Waals surface area contributed by atoms with Crippen LogP contribution in [0, 0.1) is 6.92 Å². The number of ether oxygens (including phenoxy) is 1. The van der Waals surface area contributed by atoms with Gasteiger partial charge >= 0.3 is 5.97 Å². The second kappa shape index (κ2) is 7.12. The summed E-state index contributed by atoms with van der Waals surface area (Å²) >= 11 is 0. The van der Waals surface area contributed by atoms with Crippen LogP contribution in [0.15, 0.2) is 52.9 Å². The molecule has 0 spiro atoms. The summed E-state index contributed by atoms with van der Waals surface area (Å²) in [4.78, 5) is 12.2. The normalized spacial score (nSPS) is 14.5. The lowest BCUT2D eigenvalue weighted by atomic mass is 10.1. The van der Waals surface area contributed by atoms with Gasteiger partial charge in [0, 0.05) is 11.1 Å². The van der Waals surface area contributed by atoms with Gasteiger partial charge in [0.1, 0.15) is 6.10 Å². The Morgan fingerprint density at radius 3 is 2.42 bits per heavy atom. The first kappa shape index (κ1) is 16.5. The molecule has 0 unspecified atom stereocenters.